The van der Waals surface area contributed by atoms with Crippen LogP contribution in [0, 0.1) is 0 Å². The summed E-state index contributed by atoms with van der Waals surface area (Å²) in [6, 6.07) is 5.36. The zero-order valence-corrected chi connectivity index (χ0v) is 12.8. The topological polar surface area (TPSA) is 62.2 Å². The van der Waals surface area contributed by atoms with Crippen LogP contribution in [0.2, 0.25) is 5.02 Å². The van der Waals surface area contributed by atoms with E-state index in [9.17, 15) is 9.90 Å². The smallest absolute Gasteiger partial charge is 0.407 e. The fraction of sp³-hybridized carbons (Fsp3) is 0.500. The van der Waals surface area contributed by atoms with Crippen molar-refractivity contribution in [3.8, 4) is 5.75 Å². The highest BCUT2D eigenvalue weighted by Gasteiger charge is 2.30. The van der Waals surface area contributed by atoms with Crippen molar-refractivity contribution in [3.05, 3.63) is 23.2 Å². The van der Waals surface area contributed by atoms with Crippen LogP contribution in [0.4, 0.5) is 10.5 Å². The van der Waals surface area contributed by atoms with Gasteiger partial charge >= 0.3 is 6.09 Å². The lowest BCUT2D eigenvalue weighted by Gasteiger charge is -2.40. The molecule has 7 heteroatoms. The van der Waals surface area contributed by atoms with Crippen LogP contribution >= 0.6 is 11.6 Å². The van der Waals surface area contributed by atoms with Crippen LogP contribution in [0.25, 0.3) is 0 Å². The van der Waals surface area contributed by atoms with Crippen LogP contribution in [-0.4, -0.2) is 62.6 Å². The van der Waals surface area contributed by atoms with Crippen LogP contribution in [-0.2, 0) is 4.74 Å². The van der Waals surface area contributed by atoms with E-state index in [0.717, 1.165) is 5.69 Å². The largest absolute Gasteiger partial charge is 0.495 e. The molecule has 1 atom stereocenters. The van der Waals surface area contributed by atoms with Crippen molar-refractivity contribution >= 4 is 23.4 Å². The predicted octanol–water partition coefficient (Wildman–Crippen LogP) is 2.16. The number of benzene rings is 1. The van der Waals surface area contributed by atoms with Crippen LogP contribution in [0.1, 0.15) is 0 Å². The van der Waals surface area contributed by atoms with Crippen molar-refractivity contribution < 1.29 is 19.4 Å². The summed E-state index contributed by atoms with van der Waals surface area (Å²) < 4.78 is 10.4. The number of hydrogen-bond donors (Lipinski definition) is 1. The van der Waals surface area contributed by atoms with Crippen LogP contribution in [0.3, 0.4) is 0 Å². The molecule has 1 aliphatic rings. The summed E-state index contributed by atoms with van der Waals surface area (Å²) >= 11 is 6.03. The summed E-state index contributed by atoms with van der Waals surface area (Å²) in [6.45, 7) is 2.00. The summed E-state index contributed by atoms with van der Waals surface area (Å²) in [5.41, 5.74) is 0.961. The quantitative estimate of drug-likeness (QED) is 0.923. The molecule has 1 saturated heterocycles. The van der Waals surface area contributed by atoms with Crippen molar-refractivity contribution in [2.75, 3.05) is 45.4 Å². The SMILES string of the molecule is COCC1CN(c2ccc(Cl)c(OC)c2)CCN1C(=O)O. The van der Waals surface area contributed by atoms with Gasteiger partial charge in [-0.1, -0.05) is 11.6 Å². The lowest BCUT2D eigenvalue weighted by atomic mass is 10.1. The van der Waals surface area contributed by atoms with Crippen molar-refractivity contribution in [3.63, 3.8) is 0 Å². The lowest BCUT2D eigenvalue weighted by Crippen LogP contribution is -2.56. The number of methoxy groups -OCH3 is 2. The molecular weight excluding hydrogens is 296 g/mol. The maximum absolute atomic E-state index is 11.2. The number of halogens is 1. The number of nitrogens with zero attached hydrogens (tertiary/aromatic N) is 2. The van der Waals surface area contributed by atoms with Gasteiger partial charge in [-0.3, -0.25) is 4.90 Å². The summed E-state index contributed by atoms with van der Waals surface area (Å²) in [7, 11) is 3.14. The molecule has 1 N–H and O–H groups in total. The van der Waals surface area contributed by atoms with E-state index in [4.69, 9.17) is 21.1 Å². The summed E-state index contributed by atoms with van der Waals surface area (Å²) in [5.74, 6) is 0.609. The summed E-state index contributed by atoms with van der Waals surface area (Å²) in [4.78, 5) is 14.8. The third-order valence-electron chi connectivity index (χ3n) is 3.59. The number of anilines is 1. The van der Waals surface area contributed by atoms with Gasteiger partial charge in [0.2, 0.25) is 0 Å². The van der Waals surface area contributed by atoms with Gasteiger partial charge in [-0.15, -0.1) is 0 Å². The molecule has 0 aromatic heterocycles. The highest BCUT2D eigenvalue weighted by molar-refractivity contribution is 6.32. The highest BCUT2D eigenvalue weighted by atomic mass is 35.5. The molecular formula is C14H19ClN2O4. The average Bonchev–Trinajstić information content (AvgIpc) is 2.47. The molecule has 0 saturated carbocycles. The van der Waals surface area contributed by atoms with Crippen molar-refractivity contribution in [1.29, 1.82) is 0 Å². The molecule has 116 valence electrons. The van der Waals surface area contributed by atoms with E-state index >= 15 is 0 Å². The van der Waals surface area contributed by atoms with E-state index in [1.165, 1.54) is 4.90 Å². The van der Waals surface area contributed by atoms with Crippen LogP contribution < -0.4 is 9.64 Å². The standard InChI is InChI=1S/C14H19ClN2O4/c1-20-9-11-8-16(5-6-17(11)14(18)19)10-3-4-12(15)13(7-10)21-2/h3-4,7,11H,5-6,8-9H2,1-2H3,(H,18,19). The number of piperazine rings is 1. The molecule has 0 radical (unpaired) electrons. The van der Waals surface area contributed by atoms with E-state index in [1.807, 2.05) is 12.1 Å². The van der Waals surface area contributed by atoms with Gasteiger partial charge < -0.3 is 19.5 Å². The first-order valence-corrected chi connectivity index (χ1v) is 7.01. The van der Waals surface area contributed by atoms with Crippen LogP contribution in [0.15, 0.2) is 18.2 Å². The monoisotopic (exact) mass is 314 g/mol. The third kappa shape index (κ3) is 3.51. The van der Waals surface area contributed by atoms with Gasteiger partial charge in [0.25, 0.3) is 0 Å². The molecule has 21 heavy (non-hydrogen) atoms. The van der Waals surface area contributed by atoms with Crippen molar-refractivity contribution in [2.24, 2.45) is 0 Å². The average molecular weight is 315 g/mol. The van der Waals surface area contributed by atoms with E-state index in [-0.39, 0.29) is 6.04 Å². The van der Waals surface area contributed by atoms with Gasteiger partial charge in [0.05, 0.1) is 24.8 Å². The minimum atomic E-state index is -0.912. The first-order chi connectivity index (χ1) is 10.1. The zero-order valence-electron chi connectivity index (χ0n) is 12.1. The third-order valence-corrected chi connectivity index (χ3v) is 3.90. The second-order valence-corrected chi connectivity index (χ2v) is 5.26. The van der Waals surface area contributed by atoms with Crippen molar-refractivity contribution in [1.82, 2.24) is 4.90 Å². The molecule has 1 amide bonds. The minimum Gasteiger partial charge on any atom is -0.495 e. The number of rotatable bonds is 4. The molecule has 1 fully saturated rings. The van der Waals surface area contributed by atoms with Crippen LogP contribution in [0.5, 0.6) is 5.75 Å². The van der Waals surface area contributed by atoms with E-state index in [1.54, 1.807) is 20.3 Å². The number of carboxylic acid groups (broad SMARTS) is 1. The maximum Gasteiger partial charge on any atom is 0.407 e. The van der Waals surface area contributed by atoms with Gasteiger partial charge in [0, 0.05) is 38.5 Å². The molecule has 6 nitrogen and oxygen atoms in total. The molecule has 2 rings (SSSR count). The van der Waals surface area contributed by atoms with Crippen molar-refractivity contribution in [2.45, 2.75) is 6.04 Å². The molecule has 0 aliphatic carbocycles. The molecule has 1 heterocycles. The molecule has 1 aromatic rings. The zero-order chi connectivity index (χ0) is 15.4. The van der Waals surface area contributed by atoms with E-state index in [0.29, 0.717) is 37.0 Å². The second-order valence-electron chi connectivity index (χ2n) is 4.85. The first-order valence-electron chi connectivity index (χ1n) is 6.63. The molecule has 1 aromatic carbocycles. The number of hydrogen-bond acceptors (Lipinski definition) is 4. The Hall–Kier alpha value is -1.66. The normalized spacial score (nSPS) is 18.7. The van der Waals surface area contributed by atoms with Gasteiger partial charge in [-0.2, -0.15) is 0 Å². The second kappa shape index (κ2) is 6.87. The van der Waals surface area contributed by atoms with E-state index < -0.39 is 6.09 Å². The Morgan fingerprint density at radius 1 is 1.43 bits per heavy atom. The Labute approximate surface area is 128 Å². The molecule has 1 aliphatic heterocycles. The number of ether oxygens (including phenoxy) is 2. The maximum atomic E-state index is 11.2. The van der Waals surface area contributed by atoms with Gasteiger partial charge in [-0.05, 0) is 12.1 Å². The Morgan fingerprint density at radius 2 is 2.19 bits per heavy atom. The Morgan fingerprint density at radius 3 is 2.81 bits per heavy atom. The highest BCUT2D eigenvalue weighted by Crippen LogP contribution is 2.30. The predicted molar refractivity (Wildman–Crippen MR) is 80.6 cm³/mol. The summed E-state index contributed by atoms with van der Waals surface area (Å²) in [6.07, 6.45) is -0.912. The Balaban J connectivity index is 2.16. The fourth-order valence-electron chi connectivity index (χ4n) is 2.52. The molecule has 0 bridgehead atoms. The Bertz CT molecular complexity index is 512. The molecule has 1 unspecified atom stereocenters. The fourth-order valence-corrected chi connectivity index (χ4v) is 2.72. The van der Waals surface area contributed by atoms with Gasteiger partial charge in [0.1, 0.15) is 5.75 Å². The lowest BCUT2D eigenvalue weighted by molar-refractivity contribution is 0.0737. The first kappa shape index (κ1) is 15.7. The molecule has 0 spiro atoms. The number of amides is 1. The van der Waals surface area contributed by atoms with Gasteiger partial charge in [0.15, 0.2) is 0 Å². The van der Waals surface area contributed by atoms with Gasteiger partial charge in [-0.25, -0.2) is 4.79 Å². The minimum absolute atomic E-state index is 0.192. The Kier molecular flexibility index (Phi) is 5.14. The van der Waals surface area contributed by atoms with E-state index in [2.05, 4.69) is 4.90 Å². The number of carbonyl (C=O) groups is 1. The summed E-state index contributed by atoms with van der Waals surface area (Å²) in [5, 5.41) is 9.78.